The lowest BCUT2D eigenvalue weighted by Gasteiger charge is -2.38. The molecular weight excluding hydrogens is 322 g/mol. The van der Waals surface area contributed by atoms with Crippen molar-refractivity contribution in [1.29, 1.82) is 0 Å². The minimum Gasteiger partial charge on any atom is -0.486 e. The number of pyridine rings is 1. The van der Waals surface area contributed by atoms with E-state index >= 15 is 0 Å². The molecule has 0 amide bonds. The highest BCUT2D eigenvalue weighted by Gasteiger charge is 2.43. The summed E-state index contributed by atoms with van der Waals surface area (Å²) in [5.41, 5.74) is 1.19. The maximum Gasteiger partial charge on any atom is 0.138 e. The van der Waals surface area contributed by atoms with Crippen molar-refractivity contribution in [2.45, 2.75) is 44.4 Å². The molecule has 4 rings (SSSR count). The number of hydrogen-bond donors (Lipinski definition) is 0. The number of nitrogens with zero attached hydrogens (tertiary/aromatic N) is 3. The number of hydrogen-bond acceptors (Lipinski definition) is 6. The highest BCUT2D eigenvalue weighted by Crippen LogP contribution is 2.37. The van der Waals surface area contributed by atoms with Crippen LogP contribution in [0.2, 0.25) is 0 Å². The van der Waals surface area contributed by atoms with Gasteiger partial charge in [-0.3, -0.25) is 9.88 Å². The van der Waals surface area contributed by atoms with Crippen LogP contribution < -0.4 is 4.74 Å². The number of piperidine rings is 1. The van der Waals surface area contributed by atoms with Crippen molar-refractivity contribution < 1.29 is 9.47 Å². The van der Waals surface area contributed by atoms with Gasteiger partial charge in [-0.25, -0.2) is 4.98 Å². The molecule has 0 radical (unpaired) electrons. The van der Waals surface area contributed by atoms with Crippen LogP contribution in [-0.4, -0.2) is 46.3 Å². The molecule has 4 heterocycles. The Bertz CT molecular complexity index is 668. The van der Waals surface area contributed by atoms with Gasteiger partial charge in [-0.1, -0.05) is 0 Å². The quantitative estimate of drug-likeness (QED) is 0.852. The molecule has 0 N–H and O–H groups in total. The van der Waals surface area contributed by atoms with Gasteiger partial charge in [-0.15, -0.1) is 11.3 Å². The number of thiazole rings is 1. The molecular formula is C18H23N3O2S. The van der Waals surface area contributed by atoms with Crippen LogP contribution in [0, 0.1) is 6.92 Å². The first-order valence-corrected chi connectivity index (χ1v) is 9.43. The summed E-state index contributed by atoms with van der Waals surface area (Å²) in [5, 5.41) is 3.32. The van der Waals surface area contributed by atoms with E-state index in [-0.39, 0.29) is 11.7 Å². The average molecular weight is 345 g/mol. The Morgan fingerprint density at radius 2 is 2.29 bits per heavy atom. The molecule has 24 heavy (non-hydrogen) atoms. The lowest BCUT2D eigenvalue weighted by Crippen LogP contribution is -2.44. The van der Waals surface area contributed by atoms with Gasteiger partial charge in [0.05, 0.1) is 29.1 Å². The first kappa shape index (κ1) is 16.0. The maximum absolute atomic E-state index is 6.18. The molecule has 0 aliphatic carbocycles. The summed E-state index contributed by atoms with van der Waals surface area (Å²) in [6.45, 7) is 5.83. The molecule has 2 aromatic rings. The molecule has 1 spiro atoms. The molecule has 0 bridgehead atoms. The molecule has 0 aromatic carbocycles. The molecule has 0 saturated carbocycles. The Morgan fingerprint density at radius 1 is 1.42 bits per heavy atom. The lowest BCUT2D eigenvalue weighted by molar-refractivity contribution is -0.0456. The monoisotopic (exact) mass is 345 g/mol. The summed E-state index contributed by atoms with van der Waals surface area (Å²) in [6, 6.07) is 3.86. The van der Waals surface area contributed by atoms with Crippen molar-refractivity contribution >= 4 is 11.3 Å². The molecule has 2 aromatic heterocycles. The largest absolute Gasteiger partial charge is 0.486 e. The Hall–Kier alpha value is -1.50. The highest BCUT2D eigenvalue weighted by atomic mass is 32.1. The lowest BCUT2D eigenvalue weighted by atomic mass is 9.88. The fourth-order valence-electron chi connectivity index (χ4n) is 3.66. The summed E-state index contributed by atoms with van der Waals surface area (Å²) in [6.07, 6.45) is 6.79. The zero-order valence-electron chi connectivity index (χ0n) is 14.0. The summed E-state index contributed by atoms with van der Waals surface area (Å²) >= 11 is 1.73. The van der Waals surface area contributed by atoms with E-state index in [0.29, 0.717) is 6.61 Å². The van der Waals surface area contributed by atoms with Crippen molar-refractivity contribution in [2.24, 2.45) is 0 Å². The molecule has 2 saturated heterocycles. The van der Waals surface area contributed by atoms with Crippen molar-refractivity contribution in [3.63, 3.8) is 0 Å². The van der Waals surface area contributed by atoms with Gasteiger partial charge in [0.2, 0.25) is 0 Å². The normalized spacial score (nSPS) is 23.6. The van der Waals surface area contributed by atoms with Crippen LogP contribution in [0.5, 0.6) is 5.75 Å². The molecule has 5 nitrogen and oxygen atoms in total. The highest BCUT2D eigenvalue weighted by molar-refractivity contribution is 7.09. The minimum absolute atomic E-state index is 0.00136. The van der Waals surface area contributed by atoms with Crippen LogP contribution >= 0.6 is 11.3 Å². The molecule has 2 aliphatic heterocycles. The number of aromatic nitrogens is 2. The topological polar surface area (TPSA) is 47.5 Å². The van der Waals surface area contributed by atoms with Gasteiger partial charge in [-0.2, -0.15) is 0 Å². The summed E-state index contributed by atoms with van der Waals surface area (Å²) in [5.74, 6) is 0.833. The fourth-order valence-corrected chi connectivity index (χ4v) is 4.27. The Balaban J connectivity index is 1.29. The van der Waals surface area contributed by atoms with Crippen molar-refractivity contribution in [1.82, 2.24) is 14.9 Å². The van der Waals surface area contributed by atoms with Gasteiger partial charge < -0.3 is 9.47 Å². The zero-order valence-corrected chi connectivity index (χ0v) is 14.8. The summed E-state index contributed by atoms with van der Waals surface area (Å²) in [4.78, 5) is 11.2. The fraction of sp³-hybridized carbons (Fsp3) is 0.556. The molecule has 6 heteroatoms. The van der Waals surface area contributed by atoms with Crippen LogP contribution in [-0.2, 0) is 11.3 Å². The van der Waals surface area contributed by atoms with Crippen LogP contribution in [0.25, 0.3) is 0 Å². The van der Waals surface area contributed by atoms with Gasteiger partial charge >= 0.3 is 0 Å². The summed E-state index contributed by atoms with van der Waals surface area (Å²) in [7, 11) is 0. The van der Waals surface area contributed by atoms with Gasteiger partial charge in [0.25, 0.3) is 0 Å². The van der Waals surface area contributed by atoms with E-state index in [1.807, 2.05) is 12.1 Å². The molecule has 128 valence electrons. The Morgan fingerprint density at radius 3 is 3.00 bits per heavy atom. The second kappa shape index (κ2) is 6.78. The average Bonchev–Trinajstić information content (AvgIpc) is 3.18. The first-order chi connectivity index (χ1) is 11.7. The predicted octanol–water partition coefficient (Wildman–Crippen LogP) is 3.05. The number of likely N-dealkylation sites (tertiary alicyclic amines) is 1. The van der Waals surface area contributed by atoms with E-state index in [9.17, 15) is 0 Å². The van der Waals surface area contributed by atoms with Crippen LogP contribution in [0.15, 0.2) is 29.9 Å². The van der Waals surface area contributed by atoms with Crippen molar-refractivity contribution in [3.05, 3.63) is 40.6 Å². The first-order valence-electron chi connectivity index (χ1n) is 8.55. The smallest absolute Gasteiger partial charge is 0.138 e. The molecule has 2 fully saturated rings. The van der Waals surface area contributed by atoms with E-state index in [2.05, 4.69) is 27.2 Å². The predicted molar refractivity (Wildman–Crippen MR) is 93.3 cm³/mol. The number of rotatable bonds is 4. The van der Waals surface area contributed by atoms with Gasteiger partial charge in [0.1, 0.15) is 11.9 Å². The van der Waals surface area contributed by atoms with Crippen LogP contribution in [0.3, 0.4) is 0 Å². The van der Waals surface area contributed by atoms with Crippen molar-refractivity contribution in [3.8, 4) is 5.75 Å². The summed E-state index contributed by atoms with van der Waals surface area (Å²) < 4.78 is 12.2. The standard InChI is InChI=1S/C18H23N3O2S/c1-14-20-15(13-24-14)11-21-7-4-18(5-8-21)9-17(12-22-18)23-16-3-2-6-19-10-16/h2-3,6,10,13,17H,4-5,7-9,11-12H2,1H3/t17-/m1/s1. The van der Waals surface area contributed by atoms with Gasteiger partial charge in [-0.05, 0) is 31.9 Å². The second-order valence-corrected chi connectivity index (χ2v) is 7.82. The third kappa shape index (κ3) is 3.61. The van der Waals surface area contributed by atoms with E-state index in [1.54, 1.807) is 23.7 Å². The van der Waals surface area contributed by atoms with E-state index < -0.39 is 0 Å². The Kier molecular flexibility index (Phi) is 4.52. The molecule has 0 unspecified atom stereocenters. The molecule has 2 aliphatic rings. The molecule has 1 atom stereocenters. The number of ether oxygens (including phenoxy) is 2. The minimum atomic E-state index is 0.00136. The van der Waals surface area contributed by atoms with Crippen LogP contribution in [0.4, 0.5) is 0 Å². The van der Waals surface area contributed by atoms with Gasteiger partial charge in [0.15, 0.2) is 0 Å². The zero-order chi connectivity index (χ0) is 16.4. The second-order valence-electron chi connectivity index (χ2n) is 6.76. The van der Waals surface area contributed by atoms with E-state index in [4.69, 9.17) is 9.47 Å². The third-order valence-electron chi connectivity index (χ3n) is 4.93. The maximum atomic E-state index is 6.18. The van der Waals surface area contributed by atoms with E-state index in [0.717, 1.165) is 49.7 Å². The SMILES string of the molecule is Cc1nc(CN2CCC3(CC2)C[C@@H](Oc2cccnc2)CO3)cs1. The Labute approximate surface area is 146 Å². The van der Waals surface area contributed by atoms with Crippen LogP contribution in [0.1, 0.15) is 30.0 Å². The van der Waals surface area contributed by atoms with E-state index in [1.165, 1.54) is 5.69 Å². The number of aryl methyl sites for hydroxylation is 1. The van der Waals surface area contributed by atoms with Gasteiger partial charge in [0, 0.05) is 37.6 Å². The van der Waals surface area contributed by atoms with Crippen molar-refractivity contribution in [2.75, 3.05) is 19.7 Å². The third-order valence-corrected chi connectivity index (χ3v) is 5.75.